The Hall–Kier alpha value is -3.51. The van der Waals surface area contributed by atoms with Gasteiger partial charge in [0.2, 0.25) is 0 Å². The van der Waals surface area contributed by atoms with Crippen LogP contribution >= 0.6 is 11.6 Å². The number of halogens is 1. The summed E-state index contributed by atoms with van der Waals surface area (Å²) in [6.07, 6.45) is 3.89. The van der Waals surface area contributed by atoms with Crippen molar-refractivity contribution in [3.63, 3.8) is 0 Å². The van der Waals surface area contributed by atoms with Crippen molar-refractivity contribution in [3.8, 4) is 0 Å². The number of nitrogens with two attached hydrogens (primary N) is 1. The molecule has 156 valence electrons. The molecular formula is C24H22ClN5O. The topological polar surface area (TPSA) is 93.8 Å². The van der Waals surface area contributed by atoms with Crippen LogP contribution in [0.1, 0.15) is 38.4 Å². The second-order valence-corrected chi connectivity index (χ2v) is 7.95. The lowest BCUT2D eigenvalue weighted by Gasteiger charge is -2.11. The number of nitrogens with one attached hydrogen (secondary N) is 1. The molecule has 4 rings (SSSR count). The summed E-state index contributed by atoms with van der Waals surface area (Å²) >= 11 is 6.06. The van der Waals surface area contributed by atoms with E-state index >= 15 is 0 Å². The number of aromatic nitrogens is 3. The molecule has 3 heterocycles. The third-order valence-corrected chi connectivity index (χ3v) is 5.37. The Labute approximate surface area is 185 Å². The van der Waals surface area contributed by atoms with Gasteiger partial charge in [-0.1, -0.05) is 17.7 Å². The summed E-state index contributed by atoms with van der Waals surface area (Å²) in [5.41, 5.74) is 11.8. The van der Waals surface area contributed by atoms with Crippen LogP contribution in [0.15, 0.2) is 54.9 Å². The Kier molecular flexibility index (Phi) is 5.82. The van der Waals surface area contributed by atoms with Gasteiger partial charge in [-0.2, -0.15) is 0 Å². The fourth-order valence-electron chi connectivity index (χ4n) is 3.43. The van der Waals surface area contributed by atoms with E-state index in [-0.39, 0.29) is 5.91 Å². The number of carbonyl (C=O) groups is 1. The molecule has 0 fully saturated rings. The molecular weight excluding hydrogens is 410 g/mol. The third-order valence-electron chi connectivity index (χ3n) is 5.16. The average molecular weight is 432 g/mol. The lowest BCUT2D eigenvalue weighted by Crippen LogP contribution is -2.23. The summed E-state index contributed by atoms with van der Waals surface area (Å²) in [5, 5.41) is 4.53. The Morgan fingerprint density at radius 1 is 1.10 bits per heavy atom. The maximum Gasteiger partial charge on any atom is 0.251 e. The van der Waals surface area contributed by atoms with Crippen molar-refractivity contribution < 1.29 is 4.79 Å². The van der Waals surface area contributed by atoms with E-state index < -0.39 is 0 Å². The summed E-state index contributed by atoms with van der Waals surface area (Å²) in [6.45, 7) is 4.17. The van der Waals surface area contributed by atoms with Gasteiger partial charge in [0.25, 0.3) is 5.91 Å². The van der Waals surface area contributed by atoms with Gasteiger partial charge in [0.05, 0.1) is 10.5 Å². The smallest absolute Gasteiger partial charge is 0.251 e. The number of nitrogen functional groups attached to an aromatic ring is 1. The van der Waals surface area contributed by atoms with Crippen molar-refractivity contribution in [2.24, 2.45) is 0 Å². The van der Waals surface area contributed by atoms with Crippen LogP contribution in [0.2, 0.25) is 5.02 Å². The lowest BCUT2D eigenvalue weighted by atomic mass is 10.0. The second-order valence-electron chi connectivity index (χ2n) is 7.51. The fraction of sp³-hybridized carbons (Fsp3) is 0.167. The molecule has 1 amide bonds. The minimum Gasteiger partial charge on any atom is -0.383 e. The number of amides is 1. The zero-order valence-electron chi connectivity index (χ0n) is 17.3. The van der Waals surface area contributed by atoms with Gasteiger partial charge in [0.1, 0.15) is 5.82 Å². The highest BCUT2D eigenvalue weighted by Crippen LogP contribution is 2.20. The molecule has 0 aliphatic rings. The number of pyridine rings is 3. The molecule has 0 atom stereocenters. The first-order valence-electron chi connectivity index (χ1n) is 9.89. The SMILES string of the molecule is Cc1cc(CNC(=O)c2ccnc(Cc3ccc4ncc(Cl)cc4c3)c2)c(C)nc1N. The maximum atomic E-state index is 12.7. The van der Waals surface area contributed by atoms with E-state index in [1.165, 1.54) is 0 Å². The zero-order chi connectivity index (χ0) is 22.0. The molecule has 0 spiro atoms. The fourth-order valence-corrected chi connectivity index (χ4v) is 3.59. The minimum atomic E-state index is -0.160. The minimum absolute atomic E-state index is 0.160. The Morgan fingerprint density at radius 3 is 2.77 bits per heavy atom. The molecule has 0 radical (unpaired) electrons. The monoisotopic (exact) mass is 431 g/mol. The van der Waals surface area contributed by atoms with Gasteiger partial charge in [-0.15, -0.1) is 0 Å². The van der Waals surface area contributed by atoms with Crippen LogP contribution in [-0.4, -0.2) is 20.9 Å². The van der Waals surface area contributed by atoms with E-state index in [0.29, 0.717) is 29.4 Å². The number of hydrogen-bond donors (Lipinski definition) is 2. The van der Waals surface area contributed by atoms with E-state index in [9.17, 15) is 4.79 Å². The summed E-state index contributed by atoms with van der Waals surface area (Å²) in [6, 6.07) is 13.4. The maximum absolute atomic E-state index is 12.7. The average Bonchev–Trinajstić information content (AvgIpc) is 2.75. The first kappa shape index (κ1) is 20.8. The summed E-state index contributed by atoms with van der Waals surface area (Å²) in [5.74, 6) is 0.352. The van der Waals surface area contributed by atoms with Crippen LogP contribution in [0.3, 0.4) is 0 Å². The molecule has 6 nitrogen and oxygen atoms in total. The summed E-state index contributed by atoms with van der Waals surface area (Å²) in [7, 11) is 0. The van der Waals surface area contributed by atoms with E-state index in [4.69, 9.17) is 17.3 Å². The van der Waals surface area contributed by atoms with Crippen LogP contribution in [0.5, 0.6) is 0 Å². The molecule has 4 aromatic rings. The Balaban J connectivity index is 1.48. The molecule has 1 aromatic carbocycles. The third kappa shape index (κ3) is 4.81. The number of anilines is 1. The number of fused-ring (bicyclic) bond motifs is 1. The van der Waals surface area contributed by atoms with Crippen LogP contribution in [-0.2, 0) is 13.0 Å². The molecule has 0 saturated heterocycles. The van der Waals surface area contributed by atoms with Gasteiger partial charge in [0.15, 0.2) is 0 Å². The number of benzene rings is 1. The highest BCUT2D eigenvalue weighted by atomic mass is 35.5. The Morgan fingerprint density at radius 2 is 1.94 bits per heavy atom. The summed E-state index contributed by atoms with van der Waals surface area (Å²) < 4.78 is 0. The van der Waals surface area contributed by atoms with Gasteiger partial charge >= 0.3 is 0 Å². The van der Waals surface area contributed by atoms with Crippen LogP contribution in [0.25, 0.3) is 10.9 Å². The largest absolute Gasteiger partial charge is 0.383 e. The van der Waals surface area contributed by atoms with Crippen LogP contribution in [0, 0.1) is 13.8 Å². The van der Waals surface area contributed by atoms with Gasteiger partial charge < -0.3 is 11.1 Å². The molecule has 7 heteroatoms. The van der Waals surface area contributed by atoms with Crippen molar-refractivity contribution in [2.45, 2.75) is 26.8 Å². The van der Waals surface area contributed by atoms with E-state index in [2.05, 4.69) is 20.3 Å². The van der Waals surface area contributed by atoms with Gasteiger partial charge in [-0.3, -0.25) is 14.8 Å². The van der Waals surface area contributed by atoms with Gasteiger partial charge in [-0.25, -0.2) is 4.98 Å². The van der Waals surface area contributed by atoms with E-state index in [1.807, 2.05) is 50.2 Å². The number of aryl methyl sites for hydroxylation is 2. The number of rotatable bonds is 5. The predicted octanol–water partition coefficient (Wildman–Crippen LogP) is 4.40. The molecule has 0 aliphatic carbocycles. The lowest BCUT2D eigenvalue weighted by molar-refractivity contribution is 0.0950. The van der Waals surface area contributed by atoms with Crippen molar-refractivity contribution >= 4 is 34.2 Å². The first-order valence-corrected chi connectivity index (χ1v) is 10.3. The summed E-state index contributed by atoms with van der Waals surface area (Å²) in [4.78, 5) is 25.7. The van der Waals surface area contributed by atoms with Crippen LogP contribution < -0.4 is 11.1 Å². The predicted molar refractivity (Wildman–Crippen MR) is 123 cm³/mol. The molecule has 31 heavy (non-hydrogen) atoms. The second kappa shape index (κ2) is 8.70. The highest BCUT2D eigenvalue weighted by Gasteiger charge is 2.10. The molecule has 0 aliphatic heterocycles. The Bertz CT molecular complexity index is 1290. The molecule has 3 N–H and O–H groups in total. The molecule has 3 aromatic heterocycles. The van der Waals surface area contributed by atoms with Crippen LogP contribution in [0.4, 0.5) is 5.82 Å². The standard InChI is InChI=1S/C24H22ClN5O/c1-14-7-19(15(2)30-23(14)26)12-29-24(31)17-5-6-27-21(11-17)9-16-3-4-22-18(8-16)10-20(25)13-28-22/h3-8,10-11,13H,9,12H2,1-2H3,(H2,26,30)(H,29,31). The normalized spacial score (nSPS) is 10.9. The molecule has 0 saturated carbocycles. The quantitative estimate of drug-likeness (QED) is 0.488. The number of hydrogen-bond acceptors (Lipinski definition) is 5. The molecule has 0 unspecified atom stereocenters. The van der Waals surface area contributed by atoms with Gasteiger partial charge in [0, 0.05) is 47.7 Å². The first-order chi connectivity index (χ1) is 14.9. The molecule has 0 bridgehead atoms. The van der Waals surface area contributed by atoms with Crippen molar-refractivity contribution in [1.29, 1.82) is 0 Å². The number of nitrogens with zero attached hydrogens (tertiary/aromatic N) is 3. The zero-order valence-corrected chi connectivity index (χ0v) is 18.1. The van der Waals surface area contributed by atoms with Gasteiger partial charge in [-0.05, 0) is 66.9 Å². The van der Waals surface area contributed by atoms with Crippen molar-refractivity contribution in [3.05, 3.63) is 93.5 Å². The van der Waals surface area contributed by atoms with E-state index in [1.54, 1.807) is 18.5 Å². The number of carbonyl (C=O) groups excluding carboxylic acids is 1. The van der Waals surface area contributed by atoms with Crippen molar-refractivity contribution in [2.75, 3.05) is 5.73 Å². The van der Waals surface area contributed by atoms with Crippen molar-refractivity contribution in [1.82, 2.24) is 20.3 Å². The highest BCUT2D eigenvalue weighted by molar-refractivity contribution is 6.31. The van der Waals surface area contributed by atoms with E-state index in [0.717, 1.165) is 39.0 Å².